The lowest BCUT2D eigenvalue weighted by molar-refractivity contribution is -0.385. The molecule has 104 valence electrons. The van der Waals surface area contributed by atoms with Crippen LogP contribution in [0.25, 0.3) is 0 Å². The lowest BCUT2D eigenvalue weighted by atomic mass is 10.2. The van der Waals surface area contributed by atoms with Crippen LogP contribution in [0.4, 0.5) is 5.69 Å². The Labute approximate surface area is 112 Å². The summed E-state index contributed by atoms with van der Waals surface area (Å²) in [5, 5.41) is 14.2. The van der Waals surface area contributed by atoms with Gasteiger partial charge in [-0.3, -0.25) is 15.0 Å². The van der Waals surface area contributed by atoms with Gasteiger partial charge in [-0.05, 0) is 12.5 Å². The molecular formula is C13H19N3O3. The van der Waals surface area contributed by atoms with E-state index in [2.05, 4.69) is 10.2 Å². The molecule has 1 saturated heterocycles. The molecule has 1 aliphatic rings. The van der Waals surface area contributed by atoms with Gasteiger partial charge in [-0.1, -0.05) is 12.1 Å². The molecule has 0 unspecified atom stereocenters. The largest absolute Gasteiger partial charge is 0.485 e. The minimum atomic E-state index is -0.396. The van der Waals surface area contributed by atoms with Crippen molar-refractivity contribution < 1.29 is 9.66 Å². The van der Waals surface area contributed by atoms with Gasteiger partial charge in [-0.2, -0.15) is 0 Å². The highest BCUT2D eigenvalue weighted by Crippen LogP contribution is 2.30. The molecule has 0 aromatic heterocycles. The zero-order chi connectivity index (χ0) is 13.7. The van der Waals surface area contributed by atoms with Crippen LogP contribution in [0.3, 0.4) is 0 Å². The van der Waals surface area contributed by atoms with E-state index in [4.69, 9.17) is 4.74 Å². The Bertz CT molecular complexity index is 445. The number of benzene rings is 1. The molecule has 0 bridgehead atoms. The van der Waals surface area contributed by atoms with Crippen molar-refractivity contribution in [2.24, 2.45) is 0 Å². The zero-order valence-corrected chi connectivity index (χ0v) is 11.1. The minimum absolute atomic E-state index is 0.0420. The number of piperazine rings is 1. The van der Waals surface area contributed by atoms with Gasteiger partial charge in [0.2, 0.25) is 0 Å². The molecule has 0 saturated carbocycles. The number of ether oxygens (including phenoxy) is 1. The van der Waals surface area contributed by atoms with Crippen LogP contribution in [-0.4, -0.2) is 49.2 Å². The second kappa shape index (κ2) is 6.49. The summed E-state index contributed by atoms with van der Waals surface area (Å²) in [6.45, 7) is 7.08. The molecule has 0 radical (unpaired) electrons. The Morgan fingerprint density at radius 3 is 2.84 bits per heavy atom. The van der Waals surface area contributed by atoms with Crippen LogP contribution < -0.4 is 10.1 Å². The molecule has 1 fully saturated rings. The smallest absolute Gasteiger partial charge is 0.311 e. The van der Waals surface area contributed by atoms with Crippen molar-refractivity contribution in [3.63, 3.8) is 0 Å². The maximum absolute atomic E-state index is 10.9. The minimum Gasteiger partial charge on any atom is -0.485 e. The van der Waals surface area contributed by atoms with E-state index in [0.717, 1.165) is 38.3 Å². The van der Waals surface area contributed by atoms with E-state index >= 15 is 0 Å². The van der Waals surface area contributed by atoms with E-state index in [0.29, 0.717) is 12.4 Å². The molecular weight excluding hydrogens is 246 g/mol. The van der Waals surface area contributed by atoms with E-state index in [1.54, 1.807) is 6.07 Å². The van der Waals surface area contributed by atoms with E-state index < -0.39 is 4.92 Å². The van der Waals surface area contributed by atoms with Crippen molar-refractivity contribution in [2.75, 3.05) is 39.3 Å². The highest BCUT2D eigenvalue weighted by molar-refractivity contribution is 5.51. The third-order valence-corrected chi connectivity index (χ3v) is 3.25. The van der Waals surface area contributed by atoms with Crippen molar-refractivity contribution in [2.45, 2.75) is 6.92 Å². The average molecular weight is 265 g/mol. The van der Waals surface area contributed by atoms with Crippen LogP contribution in [-0.2, 0) is 0 Å². The Hall–Kier alpha value is -1.66. The molecule has 0 aliphatic carbocycles. The molecule has 0 spiro atoms. The maximum atomic E-state index is 10.9. The normalized spacial score (nSPS) is 16.3. The van der Waals surface area contributed by atoms with Gasteiger partial charge in [0.15, 0.2) is 5.75 Å². The van der Waals surface area contributed by atoms with Crippen molar-refractivity contribution in [1.82, 2.24) is 10.2 Å². The molecule has 6 nitrogen and oxygen atoms in total. The monoisotopic (exact) mass is 265 g/mol. The fourth-order valence-electron chi connectivity index (χ4n) is 2.18. The number of hydrogen-bond acceptors (Lipinski definition) is 5. The first-order chi connectivity index (χ1) is 9.18. The van der Waals surface area contributed by atoms with Crippen molar-refractivity contribution in [1.29, 1.82) is 0 Å². The summed E-state index contributed by atoms with van der Waals surface area (Å²) in [7, 11) is 0. The third kappa shape index (κ3) is 3.65. The molecule has 6 heteroatoms. The van der Waals surface area contributed by atoms with E-state index in [-0.39, 0.29) is 5.69 Å². The van der Waals surface area contributed by atoms with Gasteiger partial charge in [0.05, 0.1) is 4.92 Å². The number of nitrogens with one attached hydrogen (secondary N) is 1. The van der Waals surface area contributed by atoms with Crippen molar-refractivity contribution in [3.8, 4) is 5.75 Å². The summed E-state index contributed by atoms with van der Waals surface area (Å²) in [6.07, 6.45) is 0. The molecule has 1 heterocycles. The third-order valence-electron chi connectivity index (χ3n) is 3.25. The first kappa shape index (κ1) is 13.8. The molecule has 1 aliphatic heterocycles. The van der Waals surface area contributed by atoms with E-state index in [1.165, 1.54) is 6.07 Å². The molecule has 19 heavy (non-hydrogen) atoms. The first-order valence-corrected chi connectivity index (χ1v) is 6.48. The molecule has 2 rings (SSSR count). The van der Waals surface area contributed by atoms with Gasteiger partial charge in [0, 0.05) is 38.8 Å². The van der Waals surface area contributed by atoms with Gasteiger partial charge >= 0.3 is 5.69 Å². The van der Waals surface area contributed by atoms with Crippen LogP contribution in [0.5, 0.6) is 5.75 Å². The van der Waals surface area contributed by atoms with Gasteiger partial charge in [0.25, 0.3) is 0 Å². The Morgan fingerprint density at radius 1 is 1.42 bits per heavy atom. The fraction of sp³-hybridized carbons (Fsp3) is 0.538. The van der Waals surface area contributed by atoms with Crippen LogP contribution in [0, 0.1) is 17.0 Å². The number of nitro groups is 1. The standard InChI is InChI=1S/C13H19N3O3/c1-11-3-2-4-12(16(17)18)13(11)19-10-9-15-7-5-14-6-8-15/h2-4,14H,5-10H2,1H3. The molecule has 1 N–H and O–H groups in total. The van der Waals surface area contributed by atoms with Gasteiger partial charge in [0.1, 0.15) is 6.61 Å². The zero-order valence-electron chi connectivity index (χ0n) is 11.1. The second-order valence-electron chi connectivity index (χ2n) is 4.62. The SMILES string of the molecule is Cc1cccc([N+](=O)[O-])c1OCCN1CCNCC1. The Kier molecular flexibility index (Phi) is 4.70. The lowest BCUT2D eigenvalue weighted by Crippen LogP contribution is -2.44. The fourth-order valence-corrected chi connectivity index (χ4v) is 2.18. The number of aryl methyl sites for hydroxylation is 1. The second-order valence-corrected chi connectivity index (χ2v) is 4.62. The predicted octanol–water partition coefficient (Wildman–Crippen LogP) is 1.19. The highest BCUT2D eigenvalue weighted by atomic mass is 16.6. The van der Waals surface area contributed by atoms with Crippen LogP contribution >= 0.6 is 0 Å². The van der Waals surface area contributed by atoms with Gasteiger partial charge < -0.3 is 10.1 Å². The summed E-state index contributed by atoms with van der Waals surface area (Å²) in [4.78, 5) is 12.8. The number of para-hydroxylation sites is 1. The lowest BCUT2D eigenvalue weighted by Gasteiger charge is -2.26. The van der Waals surface area contributed by atoms with Crippen LogP contribution in [0.2, 0.25) is 0 Å². The number of nitrogens with zero attached hydrogens (tertiary/aromatic N) is 2. The number of hydrogen-bond donors (Lipinski definition) is 1. The molecule has 0 amide bonds. The Balaban J connectivity index is 1.93. The first-order valence-electron chi connectivity index (χ1n) is 6.48. The van der Waals surface area contributed by atoms with Crippen molar-refractivity contribution in [3.05, 3.63) is 33.9 Å². The summed E-state index contributed by atoms with van der Waals surface area (Å²) in [5.74, 6) is 0.391. The quantitative estimate of drug-likeness (QED) is 0.639. The maximum Gasteiger partial charge on any atom is 0.311 e. The Morgan fingerprint density at radius 2 is 2.16 bits per heavy atom. The summed E-state index contributed by atoms with van der Waals surface area (Å²) in [5.41, 5.74) is 0.842. The summed E-state index contributed by atoms with van der Waals surface area (Å²) in [6, 6.07) is 4.98. The van der Waals surface area contributed by atoms with Crippen LogP contribution in [0.15, 0.2) is 18.2 Å². The van der Waals surface area contributed by atoms with Crippen molar-refractivity contribution >= 4 is 5.69 Å². The van der Waals surface area contributed by atoms with Gasteiger partial charge in [-0.25, -0.2) is 0 Å². The highest BCUT2D eigenvalue weighted by Gasteiger charge is 2.17. The van der Waals surface area contributed by atoms with Gasteiger partial charge in [-0.15, -0.1) is 0 Å². The predicted molar refractivity (Wildman–Crippen MR) is 72.6 cm³/mol. The van der Waals surface area contributed by atoms with E-state index in [1.807, 2.05) is 13.0 Å². The average Bonchev–Trinajstić information content (AvgIpc) is 2.41. The topological polar surface area (TPSA) is 67.6 Å². The van der Waals surface area contributed by atoms with Crippen LogP contribution in [0.1, 0.15) is 5.56 Å². The molecule has 0 atom stereocenters. The molecule has 1 aromatic carbocycles. The van der Waals surface area contributed by atoms with E-state index in [9.17, 15) is 10.1 Å². The summed E-state index contributed by atoms with van der Waals surface area (Å²) >= 11 is 0. The number of rotatable bonds is 5. The molecule has 1 aromatic rings. The number of nitro benzene ring substituents is 1. The summed E-state index contributed by atoms with van der Waals surface area (Å²) < 4.78 is 5.63.